The molecule has 1 heterocycles. The van der Waals surface area contributed by atoms with E-state index in [0.717, 1.165) is 7.11 Å². The lowest BCUT2D eigenvalue weighted by Crippen LogP contribution is -2.38. The van der Waals surface area contributed by atoms with Crippen LogP contribution in [0.25, 0.3) is 0 Å². The second-order valence-electron chi connectivity index (χ2n) is 2.82. The number of alkyl halides is 3. The van der Waals surface area contributed by atoms with Crippen LogP contribution >= 0.6 is 0 Å². The molecule has 0 saturated carbocycles. The van der Waals surface area contributed by atoms with Crippen LogP contribution in [0.3, 0.4) is 0 Å². The summed E-state index contributed by atoms with van der Waals surface area (Å²) in [5.74, 6) is -0.532. The second-order valence-corrected chi connectivity index (χ2v) is 2.82. The molecule has 1 aliphatic rings. The van der Waals surface area contributed by atoms with Gasteiger partial charge in [0.1, 0.15) is 0 Å². The van der Waals surface area contributed by atoms with Crippen LogP contribution in [0.5, 0.6) is 0 Å². The summed E-state index contributed by atoms with van der Waals surface area (Å²) in [4.78, 5) is 0. The molecule has 12 heavy (non-hydrogen) atoms. The highest BCUT2D eigenvalue weighted by molar-refractivity contribution is 4.79. The number of halogens is 3. The topological polar surface area (TPSA) is 18.5 Å². The van der Waals surface area contributed by atoms with Gasteiger partial charge in [0.2, 0.25) is 0 Å². The number of hydrogen-bond acceptors (Lipinski definition) is 2. The zero-order valence-corrected chi connectivity index (χ0v) is 6.73. The highest BCUT2D eigenvalue weighted by atomic mass is 19.4. The average molecular weight is 184 g/mol. The van der Waals surface area contributed by atoms with Gasteiger partial charge in [-0.05, 0) is 6.42 Å². The predicted molar refractivity (Wildman–Crippen MR) is 35.8 cm³/mol. The summed E-state index contributed by atoms with van der Waals surface area (Å²) in [5.41, 5.74) is 0. The first-order chi connectivity index (χ1) is 5.55. The van der Waals surface area contributed by atoms with Crippen molar-refractivity contribution in [1.82, 2.24) is 0 Å². The van der Waals surface area contributed by atoms with E-state index in [0.29, 0.717) is 13.0 Å². The van der Waals surface area contributed by atoms with E-state index in [1.54, 1.807) is 0 Å². The van der Waals surface area contributed by atoms with Crippen LogP contribution in [0.4, 0.5) is 13.2 Å². The lowest BCUT2D eigenvalue weighted by Gasteiger charge is -2.23. The molecule has 1 fully saturated rings. The van der Waals surface area contributed by atoms with Crippen molar-refractivity contribution in [2.75, 3.05) is 20.3 Å². The van der Waals surface area contributed by atoms with Gasteiger partial charge in [-0.1, -0.05) is 0 Å². The molecule has 1 saturated heterocycles. The predicted octanol–water partition coefficient (Wildman–Crippen LogP) is 1.60. The molecule has 2 atom stereocenters. The van der Waals surface area contributed by atoms with Crippen molar-refractivity contribution in [2.24, 2.45) is 5.92 Å². The molecule has 1 aliphatic heterocycles. The zero-order valence-electron chi connectivity index (χ0n) is 6.73. The maximum absolute atomic E-state index is 12.2. The maximum Gasteiger partial charge on any atom is 0.414 e. The molecular weight excluding hydrogens is 173 g/mol. The molecule has 0 aromatic carbocycles. The van der Waals surface area contributed by atoms with Crippen molar-refractivity contribution in [3.05, 3.63) is 0 Å². The molecule has 5 heteroatoms. The molecule has 72 valence electrons. The summed E-state index contributed by atoms with van der Waals surface area (Å²) in [5, 5.41) is 0. The highest BCUT2D eigenvalue weighted by Gasteiger charge is 2.46. The molecule has 1 rings (SSSR count). The minimum absolute atomic E-state index is 0.151. The lowest BCUT2D eigenvalue weighted by atomic mass is 10.0. The third-order valence-corrected chi connectivity index (χ3v) is 1.97. The second kappa shape index (κ2) is 3.62. The van der Waals surface area contributed by atoms with Gasteiger partial charge in [0.25, 0.3) is 0 Å². The minimum atomic E-state index is -4.27. The number of rotatable bonds is 2. The van der Waals surface area contributed by atoms with E-state index in [-0.39, 0.29) is 6.61 Å². The van der Waals surface area contributed by atoms with E-state index in [1.807, 2.05) is 0 Å². The monoisotopic (exact) mass is 184 g/mol. The van der Waals surface area contributed by atoms with Gasteiger partial charge in [-0.15, -0.1) is 0 Å². The van der Waals surface area contributed by atoms with Gasteiger partial charge < -0.3 is 9.47 Å². The van der Waals surface area contributed by atoms with E-state index in [9.17, 15) is 13.2 Å². The standard InChI is InChI=1S/C7H11F3O2/c1-11-6(7(8,9)10)5-2-3-12-4-5/h5-6H,2-4H2,1H3. The Bertz CT molecular complexity index is 140. The van der Waals surface area contributed by atoms with Crippen molar-refractivity contribution in [2.45, 2.75) is 18.7 Å². The molecule has 0 bridgehead atoms. The van der Waals surface area contributed by atoms with Crippen molar-refractivity contribution < 1.29 is 22.6 Å². The van der Waals surface area contributed by atoms with Crippen LogP contribution < -0.4 is 0 Å². The third kappa shape index (κ3) is 2.10. The number of hydrogen-bond donors (Lipinski definition) is 0. The summed E-state index contributed by atoms with van der Waals surface area (Å²) < 4.78 is 45.8. The van der Waals surface area contributed by atoms with Gasteiger partial charge in [-0.3, -0.25) is 0 Å². The molecule has 0 spiro atoms. The smallest absolute Gasteiger partial charge is 0.381 e. The molecule has 0 amide bonds. The largest absolute Gasteiger partial charge is 0.414 e. The Kier molecular flexibility index (Phi) is 2.95. The molecule has 2 unspecified atom stereocenters. The average Bonchev–Trinajstić information content (AvgIpc) is 2.38. The summed E-state index contributed by atoms with van der Waals surface area (Å²) >= 11 is 0. The molecule has 0 aromatic rings. The molecular formula is C7H11F3O2. The van der Waals surface area contributed by atoms with E-state index in [4.69, 9.17) is 4.74 Å². The summed E-state index contributed by atoms with van der Waals surface area (Å²) in [6.07, 6.45) is -5.51. The van der Waals surface area contributed by atoms with E-state index in [2.05, 4.69) is 4.74 Å². The maximum atomic E-state index is 12.2. The van der Waals surface area contributed by atoms with Gasteiger partial charge in [0.05, 0.1) is 6.61 Å². The van der Waals surface area contributed by atoms with Gasteiger partial charge in [-0.2, -0.15) is 13.2 Å². The first-order valence-electron chi connectivity index (χ1n) is 3.73. The Morgan fingerprint density at radius 2 is 2.17 bits per heavy atom. The van der Waals surface area contributed by atoms with Crippen molar-refractivity contribution in [3.8, 4) is 0 Å². The Labute approximate surface area is 68.6 Å². The quantitative estimate of drug-likeness (QED) is 0.649. The van der Waals surface area contributed by atoms with E-state index in [1.165, 1.54) is 0 Å². The van der Waals surface area contributed by atoms with Crippen LogP contribution in [-0.4, -0.2) is 32.6 Å². The van der Waals surface area contributed by atoms with Crippen LogP contribution in [0, 0.1) is 5.92 Å². The van der Waals surface area contributed by atoms with Gasteiger partial charge in [0.15, 0.2) is 6.10 Å². The Balaban J connectivity index is 2.54. The fraction of sp³-hybridized carbons (Fsp3) is 1.00. The minimum Gasteiger partial charge on any atom is -0.381 e. The fourth-order valence-electron chi connectivity index (χ4n) is 1.38. The van der Waals surface area contributed by atoms with Crippen LogP contribution in [0.1, 0.15) is 6.42 Å². The Hall–Kier alpha value is -0.290. The van der Waals surface area contributed by atoms with Gasteiger partial charge in [-0.25, -0.2) is 0 Å². The zero-order chi connectivity index (χ0) is 9.19. The Morgan fingerprint density at radius 1 is 1.50 bits per heavy atom. The van der Waals surface area contributed by atoms with Crippen LogP contribution in [0.15, 0.2) is 0 Å². The van der Waals surface area contributed by atoms with Crippen LogP contribution in [0.2, 0.25) is 0 Å². The molecule has 0 aromatic heterocycles. The van der Waals surface area contributed by atoms with Crippen LogP contribution in [-0.2, 0) is 9.47 Å². The molecule has 0 radical (unpaired) electrons. The van der Waals surface area contributed by atoms with Gasteiger partial charge in [0, 0.05) is 19.6 Å². The summed E-state index contributed by atoms with van der Waals surface area (Å²) in [6, 6.07) is 0. The third-order valence-electron chi connectivity index (χ3n) is 1.97. The lowest BCUT2D eigenvalue weighted by molar-refractivity contribution is -0.228. The van der Waals surface area contributed by atoms with Gasteiger partial charge >= 0.3 is 6.18 Å². The highest BCUT2D eigenvalue weighted by Crippen LogP contribution is 2.31. The molecule has 0 N–H and O–H groups in total. The summed E-state index contributed by atoms with van der Waals surface area (Å²) in [7, 11) is 1.08. The fourth-order valence-corrected chi connectivity index (χ4v) is 1.38. The van der Waals surface area contributed by atoms with Crippen molar-refractivity contribution in [3.63, 3.8) is 0 Å². The molecule has 2 nitrogen and oxygen atoms in total. The molecule has 0 aliphatic carbocycles. The van der Waals surface area contributed by atoms with Crippen molar-refractivity contribution in [1.29, 1.82) is 0 Å². The van der Waals surface area contributed by atoms with Crippen molar-refractivity contribution >= 4 is 0 Å². The normalized spacial score (nSPS) is 27.5. The SMILES string of the molecule is COC(C1CCOC1)C(F)(F)F. The number of ether oxygens (including phenoxy) is 2. The first kappa shape index (κ1) is 9.80. The van der Waals surface area contributed by atoms with E-state index < -0.39 is 18.2 Å². The number of methoxy groups -OCH3 is 1. The first-order valence-corrected chi connectivity index (χ1v) is 3.73. The van der Waals surface area contributed by atoms with E-state index >= 15 is 0 Å². The summed E-state index contributed by atoms with van der Waals surface area (Å²) in [6.45, 7) is 0.554. The Morgan fingerprint density at radius 3 is 2.50 bits per heavy atom.